The number of amides is 1. The van der Waals surface area contributed by atoms with Crippen LogP contribution < -0.4 is 0 Å². The van der Waals surface area contributed by atoms with Gasteiger partial charge in [0.15, 0.2) is 5.15 Å². The molecule has 0 aliphatic carbocycles. The molecule has 7 nitrogen and oxygen atoms in total. The fourth-order valence-electron chi connectivity index (χ4n) is 3.73. The van der Waals surface area contributed by atoms with Crippen LogP contribution in [-0.2, 0) is 13.0 Å². The molecule has 0 fully saturated rings. The van der Waals surface area contributed by atoms with Gasteiger partial charge >= 0.3 is 0 Å². The molecule has 4 aromatic rings. The van der Waals surface area contributed by atoms with E-state index in [2.05, 4.69) is 20.1 Å². The largest absolute Gasteiger partial charge is 0.348 e. The number of rotatable bonds is 4. The summed E-state index contributed by atoms with van der Waals surface area (Å²) in [6.07, 6.45) is 0.629. The van der Waals surface area contributed by atoms with Crippen LogP contribution in [0.3, 0.4) is 0 Å². The van der Waals surface area contributed by atoms with Crippen LogP contribution in [0.15, 0.2) is 30.7 Å². The van der Waals surface area contributed by atoms with E-state index in [1.54, 1.807) is 12.1 Å². The highest BCUT2D eigenvalue weighted by atomic mass is 35.5. The molecule has 5 rings (SSSR count). The van der Waals surface area contributed by atoms with Gasteiger partial charge in [-0.1, -0.05) is 17.7 Å². The predicted molar refractivity (Wildman–Crippen MR) is 108 cm³/mol. The van der Waals surface area contributed by atoms with Crippen molar-refractivity contribution >= 4 is 39.1 Å². The number of hydrogen-bond donors (Lipinski definition) is 1. The Bertz CT molecular complexity index is 1280. The number of nitrogens with one attached hydrogen (secondary N) is 1. The standard InChI is InChI=1S/C19H14ClF3N6OS/c20-17-9(6-28(27-17)7-13(22)23)19(30)29-5-4-11-15(25-8-24-11)16(29)18-26-14-10(21)2-1-3-12(14)31-18/h1-3,6,8,13,16H,4-5,7H2,(H,24,25)/t16-/m0/s1. The highest BCUT2D eigenvalue weighted by Crippen LogP contribution is 2.39. The number of fused-ring (bicyclic) bond motifs is 2. The number of halogens is 4. The fourth-order valence-corrected chi connectivity index (χ4v) is 5.05. The molecule has 12 heteroatoms. The molecular formula is C19H14ClF3N6OS. The first kappa shape index (κ1) is 20.0. The van der Waals surface area contributed by atoms with E-state index in [1.807, 2.05) is 0 Å². The Morgan fingerprint density at radius 3 is 3.00 bits per heavy atom. The Morgan fingerprint density at radius 1 is 1.39 bits per heavy atom. The van der Waals surface area contributed by atoms with Crippen molar-refractivity contribution in [1.29, 1.82) is 0 Å². The monoisotopic (exact) mass is 466 g/mol. The molecule has 1 N–H and O–H groups in total. The normalized spacial score (nSPS) is 16.3. The average molecular weight is 467 g/mol. The van der Waals surface area contributed by atoms with Crippen molar-refractivity contribution in [3.63, 3.8) is 0 Å². The number of carbonyl (C=O) groups excluding carboxylic acids is 1. The van der Waals surface area contributed by atoms with E-state index >= 15 is 0 Å². The molecule has 0 spiro atoms. The van der Waals surface area contributed by atoms with Gasteiger partial charge in [0, 0.05) is 24.9 Å². The van der Waals surface area contributed by atoms with Crippen LogP contribution in [0.4, 0.5) is 13.2 Å². The topological polar surface area (TPSA) is 79.7 Å². The van der Waals surface area contributed by atoms with Gasteiger partial charge in [-0.15, -0.1) is 11.3 Å². The number of alkyl halides is 2. The van der Waals surface area contributed by atoms with Crippen LogP contribution in [0.2, 0.25) is 5.15 Å². The lowest BCUT2D eigenvalue weighted by Gasteiger charge is -2.33. The molecule has 0 saturated heterocycles. The first-order valence-electron chi connectivity index (χ1n) is 9.31. The molecule has 1 atom stereocenters. The van der Waals surface area contributed by atoms with Crippen LogP contribution in [-0.4, -0.2) is 48.5 Å². The minimum Gasteiger partial charge on any atom is -0.348 e. The third-order valence-corrected chi connectivity index (χ3v) is 6.43. The van der Waals surface area contributed by atoms with Crippen LogP contribution in [0.25, 0.3) is 10.2 Å². The van der Waals surface area contributed by atoms with Crippen LogP contribution in [0, 0.1) is 5.82 Å². The molecule has 0 bridgehead atoms. The predicted octanol–water partition coefficient (Wildman–Crippen LogP) is 4.06. The van der Waals surface area contributed by atoms with E-state index in [4.69, 9.17) is 11.6 Å². The minimum absolute atomic E-state index is 0.0126. The molecule has 1 aliphatic rings. The first-order valence-corrected chi connectivity index (χ1v) is 10.5. The number of imidazole rings is 1. The SMILES string of the molecule is O=C(c1cn(CC(F)F)nc1Cl)N1CCc2[nH]cnc2[C@H]1c1nc2c(F)cccc2s1. The molecule has 0 saturated carbocycles. The number of carbonyl (C=O) groups is 1. The lowest BCUT2D eigenvalue weighted by molar-refractivity contribution is 0.0690. The van der Waals surface area contributed by atoms with E-state index in [1.165, 1.54) is 34.8 Å². The Labute approximate surface area is 182 Å². The maximum Gasteiger partial charge on any atom is 0.259 e. The van der Waals surface area contributed by atoms with E-state index < -0.39 is 30.7 Å². The summed E-state index contributed by atoms with van der Waals surface area (Å²) in [6.45, 7) is -0.357. The molecular weight excluding hydrogens is 453 g/mol. The van der Waals surface area contributed by atoms with Gasteiger partial charge < -0.3 is 9.88 Å². The zero-order valence-electron chi connectivity index (χ0n) is 15.7. The number of aromatic nitrogens is 5. The molecule has 31 heavy (non-hydrogen) atoms. The molecule has 0 unspecified atom stereocenters. The molecule has 0 radical (unpaired) electrons. The van der Waals surface area contributed by atoms with Gasteiger partial charge in [-0.25, -0.2) is 23.1 Å². The van der Waals surface area contributed by atoms with Crippen molar-refractivity contribution in [1.82, 2.24) is 29.6 Å². The van der Waals surface area contributed by atoms with E-state index in [-0.39, 0.29) is 16.2 Å². The smallest absolute Gasteiger partial charge is 0.259 e. The van der Waals surface area contributed by atoms with Gasteiger partial charge in [-0.2, -0.15) is 5.10 Å². The van der Waals surface area contributed by atoms with Crippen molar-refractivity contribution in [2.45, 2.75) is 25.4 Å². The van der Waals surface area contributed by atoms with E-state index in [0.717, 1.165) is 10.4 Å². The summed E-state index contributed by atoms with van der Waals surface area (Å²) in [7, 11) is 0. The molecule has 1 aliphatic heterocycles. The van der Waals surface area contributed by atoms with Gasteiger partial charge in [0.25, 0.3) is 12.3 Å². The Kier molecular flexibility index (Phi) is 4.94. The Balaban J connectivity index is 1.58. The molecule has 3 aromatic heterocycles. The summed E-state index contributed by atoms with van der Waals surface area (Å²) in [5.41, 5.74) is 1.70. The summed E-state index contributed by atoms with van der Waals surface area (Å²) < 4.78 is 41.3. The Morgan fingerprint density at radius 2 is 2.23 bits per heavy atom. The Hall–Kier alpha value is -2.92. The fraction of sp³-hybridized carbons (Fsp3) is 0.263. The third-order valence-electron chi connectivity index (χ3n) is 5.08. The number of thiazole rings is 1. The van der Waals surface area contributed by atoms with E-state index in [0.29, 0.717) is 28.4 Å². The number of para-hydroxylation sites is 1. The number of hydrogen-bond acceptors (Lipinski definition) is 5. The minimum atomic E-state index is -2.63. The van der Waals surface area contributed by atoms with E-state index in [9.17, 15) is 18.0 Å². The van der Waals surface area contributed by atoms with Crippen LogP contribution in [0.1, 0.15) is 32.8 Å². The van der Waals surface area contributed by atoms with Gasteiger partial charge in [0.1, 0.15) is 28.9 Å². The summed E-state index contributed by atoms with van der Waals surface area (Å²) in [4.78, 5) is 26.8. The molecule has 1 amide bonds. The van der Waals surface area contributed by atoms with Crippen molar-refractivity contribution in [3.05, 3.63) is 63.7 Å². The van der Waals surface area contributed by atoms with Gasteiger partial charge in [0.05, 0.1) is 22.3 Å². The van der Waals surface area contributed by atoms with Crippen molar-refractivity contribution in [2.75, 3.05) is 6.54 Å². The highest BCUT2D eigenvalue weighted by Gasteiger charge is 2.38. The lowest BCUT2D eigenvalue weighted by atomic mass is 10.0. The number of benzene rings is 1. The maximum absolute atomic E-state index is 14.2. The summed E-state index contributed by atoms with van der Waals surface area (Å²) >= 11 is 7.36. The first-order chi connectivity index (χ1) is 14.9. The summed E-state index contributed by atoms with van der Waals surface area (Å²) in [5.74, 6) is -0.934. The van der Waals surface area contributed by atoms with Gasteiger partial charge in [-0.05, 0) is 12.1 Å². The molecule has 4 heterocycles. The average Bonchev–Trinajstić information content (AvgIpc) is 3.44. The summed E-state index contributed by atoms with van der Waals surface area (Å²) in [6, 6.07) is 4.01. The van der Waals surface area contributed by atoms with Crippen molar-refractivity contribution in [3.8, 4) is 0 Å². The second-order valence-corrected chi connectivity index (χ2v) is 8.42. The second-order valence-electron chi connectivity index (χ2n) is 7.00. The van der Waals surface area contributed by atoms with Crippen LogP contribution in [0.5, 0.6) is 0 Å². The molecule has 1 aromatic carbocycles. The van der Waals surface area contributed by atoms with Gasteiger partial charge in [0.2, 0.25) is 0 Å². The number of H-pyrrole nitrogens is 1. The van der Waals surface area contributed by atoms with Crippen molar-refractivity contribution in [2.24, 2.45) is 0 Å². The second kappa shape index (κ2) is 7.65. The third kappa shape index (κ3) is 3.47. The highest BCUT2D eigenvalue weighted by molar-refractivity contribution is 7.18. The zero-order chi connectivity index (χ0) is 21.7. The summed E-state index contributed by atoms with van der Waals surface area (Å²) in [5, 5.41) is 4.15. The molecule has 160 valence electrons. The van der Waals surface area contributed by atoms with Crippen molar-refractivity contribution < 1.29 is 18.0 Å². The lowest BCUT2D eigenvalue weighted by Crippen LogP contribution is -2.40. The number of nitrogens with zero attached hydrogens (tertiary/aromatic N) is 5. The quantitative estimate of drug-likeness (QED) is 0.492. The van der Waals surface area contributed by atoms with Gasteiger partial charge in [-0.3, -0.25) is 9.48 Å². The zero-order valence-corrected chi connectivity index (χ0v) is 17.3. The van der Waals surface area contributed by atoms with Crippen LogP contribution >= 0.6 is 22.9 Å². The number of aromatic amines is 1. The maximum atomic E-state index is 14.2.